The normalized spacial score (nSPS) is 18.6. The average molecular weight is 258 g/mol. The van der Waals surface area contributed by atoms with Crippen LogP contribution in [0.2, 0.25) is 0 Å². The van der Waals surface area contributed by atoms with E-state index in [-0.39, 0.29) is 12.0 Å². The summed E-state index contributed by atoms with van der Waals surface area (Å²) >= 11 is 0. The summed E-state index contributed by atoms with van der Waals surface area (Å²) in [6.07, 6.45) is 3.83. The molecule has 1 aliphatic heterocycles. The van der Waals surface area contributed by atoms with E-state index in [2.05, 4.69) is 11.4 Å². The van der Waals surface area contributed by atoms with Crippen molar-refractivity contribution in [2.45, 2.75) is 31.8 Å². The Morgan fingerprint density at radius 1 is 1.37 bits per heavy atom. The molecule has 0 radical (unpaired) electrons. The van der Waals surface area contributed by atoms with E-state index in [0.717, 1.165) is 25.0 Å². The Kier molecular flexibility index (Phi) is 4.93. The van der Waals surface area contributed by atoms with E-state index < -0.39 is 0 Å². The van der Waals surface area contributed by atoms with E-state index in [1.165, 1.54) is 6.42 Å². The minimum absolute atomic E-state index is 0.00104. The summed E-state index contributed by atoms with van der Waals surface area (Å²) in [7, 11) is 0. The van der Waals surface area contributed by atoms with Crippen molar-refractivity contribution in [3.63, 3.8) is 0 Å². The van der Waals surface area contributed by atoms with E-state index in [4.69, 9.17) is 10.00 Å². The van der Waals surface area contributed by atoms with Gasteiger partial charge in [0, 0.05) is 13.2 Å². The van der Waals surface area contributed by atoms with Crippen molar-refractivity contribution in [3.05, 3.63) is 35.4 Å². The van der Waals surface area contributed by atoms with Gasteiger partial charge in [-0.25, -0.2) is 0 Å². The molecule has 1 atom stereocenters. The van der Waals surface area contributed by atoms with Gasteiger partial charge in [0.15, 0.2) is 0 Å². The zero-order valence-corrected chi connectivity index (χ0v) is 10.9. The van der Waals surface area contributed by atoms with Crippen molar-refractivity contribution < 1.29 is 9.53 Å². The van der Waals surface area contributed by atoms with Crippen molar-refractivity contribution in [2.24, 2.45) is 0 Å². The van der Waals surface area contributed by atoms with Crippen LogP contribution in [0.15, 0.2) is 24.3 Å². The molecule has 0 aromatic heterocycles. The number of carbonyl (C=O) groups is 1. The first kappa shape index (κ1) is 13.6. The Balaban J connectivity index is 1.75. The Labute approximate surface area is 113 Å². The van der Waals surface area contributed by atoms with Crippen LogP contribution in [-0.2, 0) is 16.0 Å². The number of amides is 1. The van der Waals surface area contributed by atoms with Crippen molar-refractivity contribution in [1.29, 1.82) is 5.26 Å². The molecule has 100 valence electrons. The Morgan fingerprint density at radius 3 is 2.79 bits per heavy atom. The average Bonchev–Trinajstić information content (AvgIpc) is 2.47. The molecule has 1 unspecified atom stereocenters. The predicted molar refractivity (Wildman–Crippen MR) is 71.5 cm³/mol. The molecular weight excluding hydrogens is 240 g/mol. The fraction of sp³-hybridized carbons (Fsp3) is 0.467. The van der Waals surface area contributed by atoms with Gasteiger partial charge >= 0.3 is 0 Å². The van der Waals surface area contributed by atoms with E-state index in [1.54, 1.807) is 12.1 Å². The molecule has 0 spiro atoms. The maximum atomic E-state index is 11.8. The minimum atomic E-state index is -0.00104. The second-order valence-corrected chi connectivity index (χ2v) is 4.78. The number of carbonyl (C=O) groups excluding carboxylic acids is 1. The fourth-order valence-corrected chi connectivity index (χ4v) is 2.14. The third kappa shape index (κ3) is 4.38. The van der Waals surface area contributed by atoms with Gasteiger partial charge in [0.2, 0.25) is 5.91 Å². The molecule has 4 heteroatoms. The van der Waals surface area contributed by atoms with Gasteiger partial charge in [0.1, 0.15) is 0 Å². The number of hydrogen-bond acceptors (Lipinski definition) is 3. The van der Waals surface area contributed by atoms with Crippen LogP contribution in [0.4, 0.5) is 0 Å². The van der Waals surface area contributed by atoms with Crippen LogP contribution >= 0.6 is 0 Å². The molecule has 19 heavy (non-hydrogen) atoms. The highest BCUT2D eigenvalue weighted by molar-refractivity contribution is 5.78. The number of rotatable bonds is 4. The second kappa shape index (κ2) is 6.91. The van der Waals surface area contributed by atoms with Crippen LogP contribution in [0.5, 0.6) is 0 Å². The molecule has 1 fully saturated rings. The summed E-state index contributed by atoms with van der Waals surface area (Å²) in [4.78, 5) is 11.8. The molecule has 0 aliphatic carbocycles. The first-order valence-corrected chi connectivity index (χ1v) is 6.65. The van der Waals surface area contributed by atoms with Gasteiger partial charge in [-0.05, 0) is 37.0 Å². The molecule has 1 aliphatic rings. The number of ether oxygens (including phenoxy) is 1. The van der Waals surface area contributed by atoms with Gasteiger partial charge in [-0.2, -0.15) is 5.26 Å². The monoisotopic (exact) mass is 258 g/mol. The number of benzene rings is 1. The molecule has 1 aromatic rings. The number of hydrogen-bond donors (Lipinski definition) is 1. The number of nitrogens with one attached hydrogen (secondary N) is 1. The highest BCUT2D eigenvalue weighted by Crippen LogP contribution is 2.11. The number of nitriles is 1. The largest absolute Gasteiger partial charge is 0.376 e. The molecule has 1 aromatic carbocycles. The SMILES string of the molecule is N#Cc1ccc(CC(=O)NCC2CCCCO2)cc1. The molecule has 0 bridgehead atoms. The molecule has 1 saturated heterocycles. The summed E-state index contributed by atoms with van der Waals surface area (Å²) in [5.41, 5.74) is 1.53. The maximum absolute atomic E-state index is 11.8. The summed E-state index contributed by atoms with van der Waals surface area (Å²) < 4.78 is 5.56. The first-order valence-electron chi connectivity index (χ1n) is 6.65. The van der Waals surface area contributed by atoms with Crippen molar-refractivity contribution >= 4 is 5.91 Å². The number of nitrogens with zero attached hydrogens (tertiary/aromatic N) is 1. The summed E-state index contributed by atoms with van der Waals surface area (Å²) in [5.74, 6) is -0.00104. The summed E-state index contributed by atoms with van der Waals surface area (Å²) in [6.45, 7) is 1.39. The Morgan fingerprint density at radius 2 is 2.16 bits per heavy atom. The minimum Gasteiger partial charge on any atom is -0.376 e. The molecule has 1 heterocycles. The molecule has 1 amide bonds. The van der Waals surface area contributed by atoms with Crippen LogP contribution < -0.4 is 5.32 Å². The van der Waals surface area contributed by atoms with Crippen molar-refractivity contribution in [2.75, 3.05) is 13.2 Å². The lowest BCUT2D eigenvalue weighted by atomic mass is 10.1. The molecule has 1 N–H and O–H groups in total. The smallest absolute Gasteiger partial charge is 0.224 e. The van der Waals surface area contributed by atoms with Gasteiger partial charge in [-0.1, -0.05) is 12.1 Å². The topological polar surface area (TPSA) is 62.1 Å². The van der Waals surface area contributed by atoms with Crippen LogP contribution in [-0.4, -0.2) is 25.2 Å². The zero-order valence-electron chi connectivity index (χ0n) is 10.9. The van der Waals surface area contributed by atoms with Crippen molar-refractivity contribution in [3.8, 4) is 6.07 Å². The van der Waals surface area contributed by atoms with Gasteiger partial charge < -0.3 is 10.1 Å². The lowest BCUT2D eigenvalue weighted by Gasteiger charge is -2.22. The Bertz CT molecular complexity index is 456. The van der Waals surface area contributed by atoms with Gasteiger partial charge in [-0.15, -0.1) is 0 Å². The van der Waals surface area contributed by atoms with Gasteiger partial charge in [-0.3, -0.25) is 4.79 Å². The van der Waals surface area contributed by atoms with Crippen LogP contribution in [0, 0.1) is 11.3 Å². The third-order valence-corrected chi connectivity index (χ3v) is 3.25. The van der Waals surface area contributed by atoms with Gasteiger partial charge in [0.25, 0.3) is 0 Å². The highest BCUT2D eigenvalue weighted by Gasteiger charge is 2.14. The maximum Gasteiger partial charge on any atom is 0.224 e. The predicted octanol–water partition coefficient (Wildman–Crippen LogP) is 1.79. The van der Waals surface area contributed by atoms with Crippen LogP contribution in [0.1, 0.15) is 30.4 Å². The molecule has 0 saturated carbocycles. The third-order valence-electron chi connectivity index (χ3n) is 3.25. The van der Waals surface area contributed by atoms with E-state index in [0.29, 0.717) is 18.5 Å². The standard InChI is InChI=1S/C15H18N2O2/c16-10-13-6-4-12(5-7-13)9-15(18)17-11-14-3-1-2-8-19-14/h4-7,14H,1-3,8-9,11H2,(H,17,18). The van der Waals surface area contributed by atoms with Crippen molar-refractivity contribution in [1.82, 2.24) is 5.32 Å². The highest BCUT2D eigenvalue weighted by atomic mass is 16.5. The lowest BCUT2D eigenvalue weighted by molar-refractivity contribution is -0.121. The lowest BCUT2D eigenvalue weighted by Crippen LogP contribution is -2.36. The van der Waals surface area contributed by atoms with Gasteiger partial charge in [0.05, 0.1) is 24.2 Å². The summed E-state index contributed by atoms with van der Waals surface area (Å²) in [5, 5.41) is 11.6. The first-order chi connectivity index (χ1) is 9.28. The van der Waals surface area contributed by atoms with E-state index >= 15 is 0 Å². The Hall–Kier alpha value is -1.86. The fourth-order valence-electron chi connectivity index (χ4n) is 2.14. The quantitative estimate of drug-likeness (QED) is 0.895. The molecule has 2 rings (SSSR count). The molecular formula is C15H18N2O2. The second-order valence-electron chi connectivity index (χ2n) is 4.78. The van der Waals surface area contributed by atoms with Crippen LogP contribution in [0.3, 0.4) is 0 Å². The van der Waals surface area contributed by atoms with E-state index in [1.807, 2.05) is 12.1 Å². The molecule has 4 nitrogen and oxygen atoms in total. The van der Waals surface area contributed by atoms with Crippen LogP contribution in [0.25, 0.3) is 0 Å². The zero-order chi connectivity index (χ0) is 13.5. The van der Waals surface area contributed by atoms with E-state index in [9.17, 15) is 4.79 Å². The summed E-state index contributed by atoms with van der Waals surface area (Å²) in [6, 6.07) is 9.15.